The van der Waals surface area contributed by atoms with Gasteiger partial charge >= 0.3 is 0 Å². The molecule has 0 fully saturated rings. The normalized spacial score (nSPS) is 10.5. The molecular weight excluding hydrogens is 186 g/mol. The van der Waals surface area contributed by atoms with E-state index < -0.39 is 0 Å². The number of aryl methyl sites for hydroxylation is 1. The standard InChI is InChI=1S/C12H15N3/c1-2-3-9-15-10-7-12(14-15)11-6-4-5-8-13-11/h4-8,10H,2-3,9H2,1H3. The van der Waals surface area contributed by atoms with Crippen LogP contribution < -0.4 is 0 Å². The van der Waals surface area contributed by atoms with Crippen LogP contribution in [0.15, 0.2) is 36.7 Å². The summed E-state index contributed by atoms with van der Waals surface area (Å²) in [5.41, 5.74) is 1.89. The lowest BCUT2D eigenvalue weighted by Gasteiger charge is -1.98. The van der Waals surface area contributed by atoms with Crippen LogP contribution in [0.25, 0.3) is 11.4 Å². The van der Waals surface area contributed by atoms with E-state index in [9.17, 15) is 0 Å². The van der Waals surface area contributed by atoms with Crippen LogP contribution in [0.5, 0.6) is 0 Å². The van der Waals surface area contributed by atoms with Gasteiger partial charge in [-0.25, -0.2) is 0 Å². The molecular formula is C12H15N3. The minimum absolute atomic E-state index is 0.938. The van der Waals surface area contributed by atoms with Gasteiger partial charge in [0.05, 0.1) is 5.69 Å². The number of hydrogen-bond acceptors (Lipinski definition) is 2. The molecule has 0 radical (unpaired) electrons. The third-order valence-electron chi connectivity index (χ3n) is 2.31. The summed E-state index contributed by atoms with van der Waals surface area (Å²) in [4.78, 5) is 4.27. The van der Waals surface area contributed by atoms with Crippen molar-refractivity contribution in [3.05, 3.63) is 36.7 Å². The largest absolute Gasteiger partial charge is 0.272 e. The van der Waals surface area contributed by atoms with E-state index in [0.717, 1.165) is 17.9 Å². The third-order valence-corrected chi connectivity index (χ3v) is 2.31. The molecule has 3 nitrogen and oxygen atoms in total. The summed E-state index contributed by atoms with van der Waals surface area (Å²) in [6.45, 7) is 3.17. The second-order valence-electron chi connectivity index (χ2n) is 3.53. The lowest BCUT2D eigenvalue weighted by Crippen LogP contribution is -1.98. The molecule has 0 amide bonds. The van der Waals surface area contributed by atoms with Gasteiger partial charge in [0.15, 0.2) is 0 Å². The highest BCUT2D eigenvalue weighted by molar-refractivity contribution is 5.52. The predicted octanol–water partition coefficient (Wildman–Crippen LogP) is 2.75. The number of aromatic nitrogens is 3. The molecule has 0 saturated carbocycles. The van der Waals surface area contributed by atoms with E-state index in [1.165, 1.54) is 12.8 Å². The molecule has 2 aromatic rings. The Morgan fingerprint density at radius 1 is 1.20 bits per heavy atom. The van der Waals surface area contributed by atoms with Gasteiger partial charge in [-0.15, -0.1) is 0 Å². The van der Waals surface area contributed by atoms with Crippen molar-refractivity contribution in [1.82, 2.24) is 14.8 Å². The Hall–Kier alpha value is -1.64. The fourth-order valence-electron chi connectivity index (χ4n) is 1.46. The molecule has 2 heterocycles. The average molecular weight is 201 g/mol. The summed E-state index contributed by atoms with van der Waals surface area (Å²) in [6.07, 6.45) is 6.17. The molecule has 0 N–H and O–H groups in total. The molecule has 0 aromatic carbocycles. The number of hydrogen-bond donors (Lipinski definition) is 0. The summed E-state index contributed by atoms with van der Waals surface area (Å²) in [7, 11) is 0. The maximum absolute atomic E-state index is 4.47. The SMILES string of the molecule is CCCCn1ccc(-c2ccccn2)n1. The Balaban J connectivity index is 2.14. The van der Waals surface area contributed by atoms with Crippen LogP contribution in [-0.4, -0.2) is 14.8 Å². The van der Waals surface area contributed by atoms with Crippen LogP contribution >= 0.6 is 0 Å². The van der Waals surface area contributed by atoms with Gasteiger partial charge in [0.1, 0.15) is 5.69 Å². The first-order valence-electron chi connectivity index (χ1n) is 5.35. The van der Waals surface area contributed by atoms with Crippen molar-refractivity contribution in [2.75, 3.05) is 0 Å². The molecule has 2 aromatic heterocycles. The first-order chi connectivity index (χ1) is 7.40. The second-order valence-corrected chi connectivity index (χ2v) is 3.53. The maximum Gasteiger partial charge on any atom is 0.111 e. The van der Waals surface area contributed by atoms with E-state index in [2.05, 4.69) is 17.0 Å². The fourth-order valence-corrected chi connectivity index (χ4v) is 1.46. The minimum Gasteiger partial charge on any atom is -0.272 e. The third kappa shape index (κ3) is 2.43. The minimum atomic E-state index is 0.938. The Morgan fingerprint density at radius 2 is 2.13 bits per heavy atom. The maximum atomic E-state index is 4.47. The first kappa shape index (κ1) is 9.90. The Labute approximate surface area is 89.8 Å². The molecule has 3 heteroatoms. The Kier molecular flexibility index (Phi) is 3.12. The van der Waals surface area contributed by atoms with Crippen LogP contribution in [0.3, 0.4) is 0 Å². The highest BCUT2D eigenvalue weighted by Crippen LogP contribution is 2.12. The highest BCUT2D eigenvalue weighted by Gasteiger charge is 2.01. The monoisotopic (exact) mass is 201 g/mol. The van der Waals surface area contributed by atoms with Gasteiger partial charge in [-0.1, -0.05) is 19.4 Å². The van der Waals surface area contributed by atoms with Crippen molar-refractivity contribution in [3.8, 4) is 11.4 Å². The molecule has 0 aliphatic rings. The Bertz CT molecular complexity index is 406. The summed E-state index contributed by atoms with van der Waals surface area (Å²) in [5.74, 6) is 0. The van der Waals surface area contributed by atoms with E-state index in [0.29, 0.717) is 0 Å². The van der Waals surface area contributed by atoms with Crippen molar-refractivity contribution in [1.29, 1.82) is 0 Å². The van der Waals surface area contributed by atoms with Gasteiger partial charge < -0.3 is 0 Å². The quantitative estimate of drug-likeness (QED) is 0.761. The highest BCUT2D eigenvalue weighted by atomic mass is 15.3. The van der Waals surface area contributed by atoms with Crippen LogP contribution in [0, 0.1) is 0 Å². The second kappa shape index (κ2) is 4.73. The van der Waals surface area contributed by atoms with Gasteiger partial charge in [-0.05, 0) is 24.6 Å². The van der Waals surface area contributed by atoms with Gasteiger partial charge in [-0.2, -0.15) is 5.10 Å². The Morgan fingerprint density at radius 3 is 2.87 bits per heavy atom. The van der Waals surface area contributed by atoms with E-state index >= 15 is 0 Å². The van der Waals surface area contributed by atoms with Crippen molar-refractivity contribution in [2.24, 2.45) is 0 Å². The molecule has 0 aliphatic carbocycles. The van der Waals surface area contributed by atoms with E-state index in [1.54, 1.807) is 6.20 Å². The zero-order valence-corrected chi connectivity index (χ0v) is 8.93. The fraction of sp³-hybridized carbons (Fsp3) is 0.333. The summed E-state index contributed by atoms with van der Waals surface area (Å²) < 4.78 is 1.98. The molecule has 0 atom stereocenters. The van der Waals surface area contributed by atoms with E-state index in [1.807, 2.05) is 35.1 Å². The van der Waals surface area contributed by atoms with Gasteiger partial charge in [-0.3, -0.25) is 9.67 Å². The van der Waals surface area contributed by atoms with E-state index in [4.69, 9.17) is 0 Å². The summed E-state index contributed by atoms with van der Waals surface area (Å²) >= 11 is 0. The molecule has 2 rings (SSSR count). The van der Waals surface area contributed by atoms with Crippen molar-refractivity contribution < 1.29 is 0 Å². The van der Waals surface area contributed by atoms with Crippen LogP contribution in [0.4, 0.5) is 0 Å². The van der Waals surface area contributed by atoms with Crippen molar-refractivity contribution >= 4 is 0 Å². The number of nitrogens with zero attached hydrogens (tertiary/aromatic N) is 3. The molecule has 0 bridgehead atoms. The molecule has 0 aliphatic heterocycles. The van der Waals surface area contributed by atoms with E-state index in [-0.39, 0.29) is 0 Å². The lowest BCUT2D eigenvalue weighted by atomic mass is 10.3. The average Bonchev–Trinajstić information content (AvgIpc) is 2.76. The van der Waals surface area contributed by atoms with Crippen LogP contribution in [-0.2, 0) is 6.54 Å². The summed E-state index contributed by atoms with van der Waals surface area (Å²) in [6, 6.07) is 7.88. The van der Waals surface area contributed by atoms with Crippen molar-refractivity contribution in [3.63, 3.8) is 0 Å². The molecule has 15 heavy (non-hydrogen) atoms. The zero-order chi connectivity index (χ0) is 10.5. The number of pyridine rings is 1. The molecule has 0 spiro atoms. The van der Waals surface area contributed by atoms with Crippen molar-refractivity contribution in [2.45, 2.75) is 26.3 Å². The zero-order valence-electron chi connectivity index (χ0n) is 8.93. The van der Waals surface area contributed by atoms with Gasteiger partial charge in [0.25, 0.3) is 0 Å². The first-order valence-corrected chi connectivity index (χ1v) is 5.35. The van der Waals surface area contributed by atoms with Gasteiger partial charge in [0, 0.05) is 18.9 Å². The van der Waals surface area contributed by atoms with Gasteiger partial charge in [0.2, 0.25) is 0 Å². The number of rotatable bonds is 4. The lowest BCUT2D eigenvalue weighted by molar-refractivity contribution is 0.573. The smallest absolute Gasteiger partial charge is 0.111 e. The topological polar surface area (TPSA) is 30.7 Å². The van der Waals surface area contributed by atoms with Crippen LogP contribution in [0.1, 0.15) is 19.8 Å². The molecule has 78 valence electrons. The van der Waals surface area contributed by atoms with Crippen LogP contribution in [0.2, 0.25) is 0 Å². The predicted molar refractivity (Wildman–Crippen MR) is 60.4 cm³/mol. The molecule has 0 unspecified atom stereocenters. The number of unbranched alkanes of at least 4 members (excludes halogenated alkanes) is 1. The summed E-state index contributed by atoms with van der Waals surface area (Å²) in [5, 5.41) is 4.47. The molecule has 0 saturated heterocycles.